The number of carbonyl (C=O) groups is 1. The second kappa shape index (κ2) is 7.19. The molecule has 0 aliphatic carbocycles. The van der Waals surface area contributed by atoms with Gasteiger partial charge in [0.15, 0.2) is 6.10 Å². The van der Waals surface area contributed by atoms with Crippen molar-refractivity contribution in [2.45, 2.75) is 20.0 Å². The van der Waals surface area contributed by atoms with Crippen LogP contribution in [0.4, 0.5) is 0 Å². The van der Waals surface area contributed by atoms with E-state index in [1.165, 1.54) is 6.21 Å². The molecule has 1 N–H and O–H groups in total. The lowest BCUT2D eigenvalue weighted by atomic mass is 10.2. The van der Waals surface area contributed by atoms with Crippen molar-refractivity contribution < 1.29 is 9.53 Å². The fourth-order valence-corrected chi connectivity index (χ4v) is 1.66. The number of nitrogens with zero attached hydrogens (tertiary/aromatic N) is 2. The van der Waals surface area contributed by atoms with Crippen LogP contribution in [0.5, 0.6) is 5.75 Å². The van der Waals surface area contributed by atoms with Crippen molar-refractivity contribution in [2.75, 3.05) is 0 Å². The van der Waals surface area contributed by atoms with Gasteiger partial charge in [-0.15, -0.1) is 0 Å². The number of ether oxygens (including phenoxy) is 1. The number of pyridine rings is 1. The van der Waals surface area contributed by atoms with E-state index in [0.29, 0.717) is 5.75 Å². The van der Waals surface area contributed by atoms with Crippen LogP contribution in [0.3, 0.4) is 0 Å². The van der Waals surface area contributed by atoms with E-state index in [-0.39, 0.29) is 5.91 Å². The number of rotatable bonds is 5. The average molecular weight is 283 g/mol. The third kappa shape index (κ3) is 4.72. The molecule has 108 valence electrons. The predicted molar refractivity (Wildman–Crippen MR) is 81.2 cm³/mol. The van der Waals surface area contributed by atoms with Crippen molar-refractivity contribution in [1.29, 1.82) is 0 Å². The van der Waals surface area contributed by atoms with Gasteiger partial charge in [0.05, 0.1) is 6.21 Å². The monoisotopic (exact) mass is 283 g/mol. The summed E-state index contributed by atoms with van der Waals surface area (Å²) in [6.45, 7) is 3.65. The molecule has 1 atom stereocenters. The second-order valence-electron chi connectivity index (χ2n) is 4.60. The van der Waals surface area contributed by atoms with Crippen LogP contribution in [-0.4, -0.2) is 23.2 Å². The molecule has 0 bridgehead atoms. The Bertz CT molecular complexity index is 626. The molecular formula is C16H17N3O2. The molecule has 5 heteroatoms. The number of hydrogen-bond donors (Lipinski definition) is 1. The molecule has 0 radical (unpaired) electrons. The van der Waals surface area contributed by atoms with Gasteiger partial charge < -0.3 is 4.74 Å². The van der Waals surface area contributed by atoms with Crippen LogP contribution in [0.25, 0.3) is 0 Å². The van der Waals surface area contributed by atoms with Gasteiger partial charge in [-0.3, -0.25) is 9.78 Å². The number of benzene rings is 1. The minimum absolute atomic E-state index is 0.309. The number of aryl methyl sites for hydroxylation is 1. The third-order valence-corrected chi connectivity index (χ3v) is 2.74. The van der Waals surface area contributed by atoms with Gasteiger partial charge in [0.1, 0.15) is 5.75 Å². The summed E-state index contributed by atoms with van der Waals surface area (Å²) in [4.78, 5) is 15.8. The largest absolute Gasteiger partial charge is 0.481 e. The van der Waals surface area contributed by atoms with Gasteiger partial charge in [0.2, 0.25) is 0 Å². The first-order valence-electron chi connectivity index (χ1n) is 6.61. The Morgan fingerprint density at radius 1 is 1.38 bits per heavy atom. The number of aromatic nitrogens is 1. The lowest BCUT2D eigenvalue weighted by molar-refractivity contribution is -0.127. The SMILES string of the molecule is Cc1cccc(OC(C)C(=O)NN=Cc2cccnc2)c1. The fraction of sp³-hybridized carbons (Fsp3) is 0.188. The van der Waals surface area contributed by atoms with Crippen molar-refractivity contribution in [3.63, 3.8) is 0 Å². The number of amides is 1. The molecular weight excluding hydrogens is 266 g/mol. The molecule has 1 aromatic heterocycles. The second-order valence-corrected chi connectivity index (χ2v) is 4.60. The van der Waals surface area contributed by atoms with Crippen molar-refractivity contribution in [2.24, 2.45) is 5.10 Å². The highest BCUT2D eigenvalue weighted by molar-refractivity contribution is 5.84. The Kier molecular flexibility index (Phi) is 5.04. The zero-order chi connectivity index (χ0) is 15.1. The number of hydrogen-bond acceptors (Lipinski definition) is 4. The predicted octanol–water partition coefficient (Wildman–Crippen LogP) is 2.31. The molecule has 0 saturated heterocycles. The summed E-state index contributed by atoms with van der Waals surface area (Å²) in [5.41, 5.74) is 4.33. The molecule has 21 heavy (non-hydrogen) atoms. The zero-order valence-electron chi connectivity index (χ0n) is 12.0. The maximum absolute atomic E-state index is 11.9. The summed E-state index contributed by atoms with van der Waals surface area (Å²) < 4.78 is 5.56. The summed E-state index contributed by atoms with van der Waals surface area (Å²) in [6, 6.07) is 11.2. The van der Waals surface area contributed by atoms with Crippen LogP contribution in [0.2, 0.25) is 0 Å². The van der Waals surface area contributed by atoms with E-state index in [1.807, 2.05) is 37.3 Å². The fourth-order valence-electron chi connectivity index (χ4n) is 1.66. The van der Waals surface area contributed by atoms with Crippen LogP contribution in [0, 0.1) is 6.92 Å². The van der Waals surface area contributed by atoms with E-state index < -0.39 is 6.10 Å². The maximum Gasteiger partial charge on any atom is 0.280 e. The van der Waals surface area contributed by atoms with Gasteiger partial charge in [0.25, 0.3) is 5.91 Å². The molecule has 2 rings (SSSR count). The van der Waals surface area contributed by atoms with Gasteiger partial charge in [0, 0.05) is 18.0 Å². The standard InChI is InChI=1S/C16H17N3O2/c1-12-5-3-7-15(9-12)21-13(2)16(20)19-18-11-14-6-4-8-17-10-14/h3-11,13H,1-2H3,(H,19,20). The minimum Gasteiger partial charge on any atom is -0.481 e. The number of carbonyl (C=O) groups excluding carboxylic acids is 1. The third-order valence-electron chi connectivity index (χ3n) is 2.74. The Hall–Kier alpha value is -2.69. The highest BCUT2D eigenvalue weighted by atomic mass is 16.5. The normalized spacial score (nSPS) is 12.1. The quantitative estimate of drug-likeness (QED) is 0.676. The molecule has 2 aromatic rings. The van der Waals surface area contributed by atoms with Gasteiger partial charge >= 0.3 is 0 Å². The molecule has 0 spiro atoms. The number of nitrogens with one attached hydrogen (secondary N) is 1. The van der Waals surface area contributed by atoms with E-state index in [4.69, 9.17) is 4.74 Å². The molecule has 1 unspecified atom stereocenters. The molecule has 1 heterocycles. The maximum atomic E-state index is 11.9. The highest BCUT2D eigenvalue weighted by Crippen LogP contribution is 2.14. The average Bonchev–Trinajstić information content (AvgIpc) is 2.48. The van der Waals surface area contributed by atoms with Crippen LogP contribution >= 0.6 is 0 Å². The Morgan fingerprint density at radius 3 is 2.95 bits per heavy atom. The molecule has 1 aromatic carbocycles. The lowest BCUT2D eigenvalue weighted by Crippen LogP contribution is -2.33. The van der Waals surface area contributed by atoms with Crippen LogP contribution in [0.15, 0.2) is 53.9 Å². The Morgan fingerprint density at radius 2 is 2.24 bits per heavy atom. The summed E-state index contributed by atoms with van der Waals surface area (Å²) in [5, 5.41) is 3.88. The first-order valence-corrected chi connectivity index (χ1v) is 6.61. The van der Waals surface area contributed by atoms with Crippen molar-refractivity contribution in [3.8, 4) is 5.75 Å². The lowest BCUT2D eigenvalue weighted by Gasteiger charge is -2.13. The summed E-state index contributed by atoms with van der Waals surface area (Å²) >= 11 is 0. The summed E-state index contributed by atoms with van der Waals surface area (Å²) in [5.74, 6) is 0.352. The van der Waals surface area contributed by atoms with E-state index in [2.05, 4.69) is 15.5 Å². The minimum atomic E-state index is -0.627. The topological polar surface area (TPSA) is 63.6 Å². The van der Waals surface area contributed by atoms with Gasteiger partial charge in [-0.05, 0) is 37.6 Å². The summed E-state index contributed by atoms with van der Waals surface area (Å²) in [6.07, 6.45) is 4.23. The van der Waals surface area contributed by atoms with Crippen LogP contribution in [0.1, 0.15) is 18.1 Å². The van der Waals surface area contributed by atoms with Crippen LogP contribution < -0.4 is 10.2 Å². The highest BCUT2D eigenvalue weighted by Gasteiger charge is 2.13. The molecule has 0 aliphatic rings. The first kappa shape index (κ1) is 14.7. The smallest absolute Gasteiger partial charge is 0.280 e. The van der Waals surface area contributed by atoms with Crippen LogP contribution in [-0.2, 0) is 4.79 Å². The zero-order valence-corrected chi connectivity index (χ0v) is 12.0. The van der Waals surface area contributed by atoms with Crippen molar-refractivity contribution >= 4 is 12.1 Å². The Balaban J connectivity index is 1.87. The first-order chi connectivity index (χ1) is 10.1. The van der Waals surface area contributed by atoms with E-state index >= 15 is 0 Å². The van der Waals surface area contributed by atoms with E-state index in [0.717, 1.165) is 11.1 Å². The van der Waals surface area contributed by atoms with Crippen molar-refractivity contribution in [1.82, 2.24) is 10.4 Å². The molecule has 0 fully saturated rings. The van der Waals surface area contributed by atoms with E-state index in [9.17, 15) is 4.79 Å². The van der Waals surface area contributed by atoms with Gasteiger partial charge in [-0.1, -0.05) is 18.2 Å². The van der Waals surface area contributed by atoms with Crippen molar-refractivity contribution in [3.05, 3.63) is 59.9 Å². The van der Waals surface area contributed by atoms with Gasteiger partial charge in [-0.2, -0.15) is 5.10 Å². The van der Waals surface area contributed by atoms with Gasteiger partial charge in [-0.25, -0.2) is 5.43 Å². The number of hydrazone groups is 1. The molecule has 5 nitrogen and oxygen atoms in total. The van der Waals surface area contributed by atoms with E-state index in [1.54, 1.807) is 25.4 Å². The Labute approximate surface area is 123 Å². The molecule has 1 amide bonds. The molecule has 0 saturated carbocycles. The molecule has 0 aliphatic heterocycles. The summed E-state index contributed by atoms with van der Waals surface area (Å²) in [7, 11) is 0.